The molecule has 0 aliphatic carbocycles. The van der Waals surface area contributed by atoms with Crippen LogP contribution < -0.4 is 5.32 Å². The molecule has 1 saturated heterocycles. The highest BCUT2D eigenvalue weighted by molar-refractivity contribution is 14.1. The van der Waals surface area contributed by atoms with Crippen LogP contribution in [0.4, 0.5) is 0 Å². The molecule has 1 aromatic carbocycles. The summed E-state index contributed by atoms with van der Waals surface area (Å²) in [5.74, 6) is 0. The summed E-state index contributed by atoms with van der Waals surface area (Å²) in [6.45, 7) is 5.19. The predicted molar refractivity (Wildman–Crippen MR) is 82.2 cm³/mol. The molecule has 0 radical (unpaired) electrons. The minimum atomic E-state index is 0.903. The van der Waals surface area contributed by atoms with Crippen molar-refractivity contribution >= 4 is 22.6 Å². The van der Waals surface area contributed by atoms with Gasteiger partial charge in [-0.05, 0) is 46.9 Å². The first kappa shape index (κ1) is 13.0. The molecule has 0 unspecified atom stereocenters. The Balaban J connectivity index is 1.79. The first-order valence-corrected chi connectivity index (χ1v) is 7.49. The highest BCUT2D eigenvalue weighted by atomic mass is 127. The summed E-state index contributed by atoms with van der Waals surface area (Å²) in [5, 5.41) is 11.6. The van der Waals surface area contributed by atoms with Crippen molar-refractivity contribution in [3.05, 3.63) is 39.7 Å². The van der Waals surface area contributed by atoms with E-state index >= 15 is 0 Å². The average molecular weight is 369 g/mol. The lowest BCUT2D eigenvalue weighted by Crippen LogP contribution is -2.43. The second-order valence-corrected chi connectivity index (χ2v) is 5.89. The third-order valence-corrected chi connectivity index (χ3v) is 4.01. The third kappa shape index (κ3) is 3.13. The maximum Gasteiger partial charge on any atom is 0.0786 e. The second kappa shape index (κ2) is 5.98. The van der Waals surface area contributed by atoms with Gasteiger partial charge in [0, 0.05) is 36.3 Å². The van der Waals surface area contributed by atoms with E-state index in [1.165, 1.54) is 3.57 Å². The lowest BCUT2D eigenvalue weighted by molar-refractivity contribution is 0.229. The summed E-state index contributed by atoms with van der Waals surface area (Å²) >= 11 is 2.31. The van der Waals surface area contributed by atoms with Gasteiger partial charge in [-0.15, -0.1) is 5.10 Å². The molecule has 3 rings (SSSR count). The number of aromatic nitrogens is 3. The number of rotatable bonds is 3. The van der Waals surface area contributed by atoms with E-state index in [1.807, 2.05) is 10.9 Å². The largest absolute Gasteiger partial charge is 0.314 e. The molecule has 100 valence electrons. The fourth-order valence-electron chi connectivity index (χ4n) is 2.26. The minimum Gasteiger partial charge on any atom is -0.314 e. The van der Waals surface area contributed by atoms with Gasteiger partial charge in [-0.25, -0.2) is 4.68 Å². The van der Waals surface area contributed by atoms with Gasteiger partial charge in [0.25, 0.3) is 0 Å². The van der Waals surface area contributed by atoms with Crippen molar-refractivity contribution in [2.24, 2.45) is 0 Å². The average Bonchev–Trinajstić information content (AvgIpc) is 2.89. The van der Waals surface area contributed by atoms with E-state index in [0.29, 0.717) is 0 Å². The molecule has 1 N–H and O–H groups in total. The van der Waals surface area contributed by atoms with E-state index in [2.05, 4.69) is 67.4 Å². The summed E-state index contributed by atoms with van der Waals surface area (Å²) in [6, 6.07) is 8.34. The summed E-state index contributed by atoms with van der Waals surface area (Å²) in [4.78, 5) is 2.43. The van der Waals surface area contributed by atoms with Crippen molar-refractivity contribution in [1.29, 1.82) is 0 Å². The Hall–Kier alpha value is -0.990. The van der Waals surface area contributed by atoms with Crippen LogP contribution in [-0.2, 0) is 6.54 Å². The smallest absolute Gasteiger partial charge is 0.0786 e. The molecule has 0 saturated carbocycles. The van der Waals surface area contributed by atoms with Crippen LogP contribution in [0.5, 0.6) is 0 Å². The van der Waals surface area contributed by atoms with Crippen LogP contribution in [0, 0.1) is 3.57 Å². The van der Waals surface area contributed by atoms with Crippen LogP contribution >= 0.6 is 22.6 Å². The van der Waals surface area contributed by atoms with Crippen molar-refractivity contribution < 1.29 is 0 Å². The molecular formula is C13H16IN5. The quantitative estimate of drug-likeness (QED) is 0.829. The Labute approximate surface area is 126 Å². The maximum absolute atomic E-state index is 4.20. The van der Waals surface area contributed by atoms with Gasteiger partial charge in [-0.1, -0.05) is 5.21 Å². The summed E-state index contributed by atoms with van der Waals surface area (Å²) in [5.41, 5.74) is 2.21. The second-order valence-electron chi connectivity index (χ2n) is 4.64. The van der Waals surface area contributed by atoms with E-state index in [9.17, 15) is 0 Å². The zero-order valence-corrected chi connectivity index (χ0v) is 12.7. The van der Waals surface area contributed by atoms with E-state index in [1.54, 1.807) is 0 Å². The molecule has 2 aromatic rings. The van der Waals surface area contributed by atoms with Crippen molar-refractivity contribution in [3.8, 4) is 5.69 Å². The maximum atomic E-state index is 4.20. The molecule has 0 amide bonds. The Morgan fingerprint density at radius 3 is 2.63 bits per heavy atom. The van der Waals surface area contributed by atoms with Crippen molar-refractivity contribution in [1.82, 2.24) is 25.2 Å². The van der Waals surface area contributed by atoms with Crippen LogP contribution in [0.15, 0.2) is 30.5 Å². The number of halogens is 1. The topological polar surface area (TPSA) is 46.0 Å². The van der Waals surface area contributed by atoms with Gasteiger partial charge in [0.15, 0.2) is 0 Å². The van der Waals surface area contributed by atoms with Gasteiger partial charge in [-0.2, -0.15) is 0 Å². The van der Waals surface area contributed by atoms with E-state index in [4.69, 9.17) is 0 Å². The highest BCUT2D eigenvalue weighted by Crippen LogP contribution is 2.13. The molecule has 1 aliphatic heterocycles. The molecule has 0 atom stereocenters. The monoisotopic (exact) mass is 369 g/mol. The highest BCUT2D eigenvalue weighted by Gasteiger charge is 2.13. The number of benzene rings is 1. The number of nitrogens with zero attached hydrogens (tertiary/aromatic N) is 4. The van der Waals surface area contributed by atoms with Crippen molar-refractivity contribution in [2.75, 3.05) is 26.2 Å². The summed E-state index contributed by atoms with van der Waals surface area (Å²) in [7, 11) is 0. The summed E-state index contributed by atoms with van der Waals surface area (Å²) in [6.07, 6.45) is 1.86. The minimum absolute atomic E-state index is 0.903. The van der Waals surface area contributed by atoms with E-state index < -0.39 is 0 Å². The Morgan fingerprint density at radius 2 is 1.89 bits per heavy atom. The van der Waals surface area contributed by atoms with Gasteiger partial charge >= 0.3 is 0 Å². The Morgan fingerprint density at radius 1 is 1.16 bits per heavy atom. The molecule has 5 nitrogen and oxygen atoms in total. The fraction of sp³-hybridized carbons (Fsp3) is 0.385. The molecule has 1 aliphatic rings. The van der Waals surface area contributed by atoms with Crippen molar-refractivity contribution in [3.63, 3.8) is 0 Å². The SMILES string of the molecule is Ic1ccc(-n2nncc2CN2CCNCC2)cc1. The number of hydrogen-bond donors (Lipinski definition) is 1. The van der Waals surface area contributed by atoms with Crippen LogP contribution in [0.2, 0.25) is 0 Å². The predicted octanol–water partition coefficient (Wildman–Crippen LogP) is 1.28. The number of nitrogens with one attached hydrogen (secondary N) is 1. The Kier molecular flexibility index (Phi) is 4.09. The Bertz CT molecular complexity index is 530. The molecule has 19 heavy (non-hydrogen) atoms. The van der Waals surface area contributed by atoms with Crippen molar-refractivity contribution in [2.45, 2.75) is 6.54 Å². The van der Waals surface area contributed by atoms with Gasteiger partial charge in [0.05, 0.1) is 17.6 Å². The van der Waals surface area contributed by atoms with Crippen LogP contribution in [0.3, 0.4) is 0 Å². The number of hydrogen-bond acceptors (Lipinski definition) is 4. The third-order valence-electron chi connectivity index (χ3n) is 3.29. The lowest BCUT2D eigenvalue weighted by atomic mass is 10.3. The van der Waals surface area contributed by atoms with Gasteiger partial charge < -0.3 is 5.32 Å². The van der Waals surface area contributed by atoms with Gasteiger partial charge in [-0.3, -0.25) is 4.90 Å². The van der Waals surface area contributed by atoms with Gasteiger partial charge in [0.1, 0.15) is 0 Å². The molecule has 2 heterocycles. The van der Waals surface area contributed by atoms with E-state index in [0.717, 1.165) is 44.1 Å². The first-order valence-electron chi connectivity index (χ1n) is 6.41. The van der Waals surface area contributed by atoms with Gasteiger partial charge in [0.2, 0.25) is 0 Å². The number of piperazine rings is 1. The molecule has 0 spiro atoms. The van der Waals surface area contributed by atoms with E-state index in [-0.39, 0.29) is 0 Å². The van der Waals surface area contributed by atoms with Crippen LogP contribution in [0.25, 0.3) is 5.69 Å². The lowest BCUT2D eigenvalue weighted by Gasteiger charge is -2.26. The standard InChI is InChI=1S/C13H16IN5/c14-11-1-3-12(4-2-11)19-13(9-16-17-19)10-18-7-5-15-6-8-18/h1-4,9,15H,5-8,10H2. The molecule has 1 fully saturated rings. The van der Waals surface area contributed by atoms with Crippen LogP contribution in [0.1, 0.15) is 5.69 Å². The summed E-state index contributed by atoms with van der Waals surface area (Å²) < 4.78 is 3.16. The van der Waals surface area contributed by atoms with Crippen LogP contribution in [-0.4, -0.2) is 46.1 Å². The zero-order chi connectivity index (χ0) is 13.1. The normalized spacial score (nSPS) is 16.7. The molecule has 1 aromatic heterocycles. The molecule has 0 bridgehead atoms. The first-order chi connectivity index (χ1) is 9.33. The fourth-order valence-corrected chi connectivity index (χ4v) is 2.62. The molecular weight excluding hydrogens is 353 g/mol. The molecule has 6 heteroatoms. The zero-order valence-electron chi connectivity index (χ0n) is 10.6.